The minimum atomic E-state index is 0.206. The highest BCUT2D eigenvalue weighted by Crippen LogP contribution is 2.22. The van der Waals surface area contributed by atoms with Crippen LogP contribution in [0.15, 0.2) is 24.3 Å². The molecule has 1 unspecified atom stereocenters. The van der Waals surface area contributed by atoms with Crippen molar-refractivity contribution >= 4 is 0 Å². The Morgan fingerprint density at radius 3 is 2.30 bits per heavy atom. The highest BCUT2D eigenvalue weighted by atomic mass is 16.5. The highest BCUT2D eigenvalue weighted by molar-refractivity contribution is 5.27. The molecule has 0 saturated heterocycles. The summed E-state index contributed by atoms with van der Waals surface area (Å²) >= 11 is 0. The fourth-order valence-corrected chi connectivity index (χ4v) is 2.14. The third kappa shape index (κ3) is 6.04. The molecule has 1 atom stereocenters. The highest BCUT2D eigenvalue weighted by Gasteiger charge is 2.13. The number of hydrogen-bond donors (Lipinski definition) is 2. The second-order valence-corrected chi connectivity index (χ2v) is 6.42. The van der Waals surface area contributed by atoms with Gasteiger partial charge in [0, 0.05) is 19.3 Å². The summed E-state index contributed by atoms with van der Waals surface area (Å²) in [6.07, 6.45) is 2.95. The summed E-state index contributed by atoms with van der Waals surface area (Å²) in [5.74, 6) is 5.63. The van der Waals surface area contributed by atoms with Crippen molar-refractivity contribution in [2.45, 2.75) is 58.4 Å². The maximum Gasteiger partial charge on any atom is 0.0481 e. The van der Waals surface area contributed by atoms with Crippen LogP contribution >= 0.6 is 0 Å². The average molecular weight is 278 g/mol. The Hall–Kier alpha value is -0.900. The molecule has 3 nitrogen and oxygen atoms in total. The van der Waals surface area contributed by atoms with Gasteiger partial charge in [0.1, 0.15) is 0 Å². The molecule has 3 N–H and O–H groups in total. The van der Waals surface area contributed by atoms with Crippen molar-refractivity contribution in [2.24, 2.45) is 5.84 Å². The van der Waals surface area contributed by atoms with E-state index in [9.17, 15) is 0 Å². The summed E-state index contributed by atoms with van der Waals surface area (Å²) < 4.78 is 5.52. The molecule has 0 aliphatic heterocycles. The molecule has 0 saturated carbocycles. The van der Waals surface area contributed by atoms with E-state index in [0.717, 1.165) is 32.5 Å². The number of benzene rings is 1. The molecular formula is C17H30N2O. The van der Waals surface area contributed by atoms with Crippen LogP contribution in [0.3, 0.4) is 0 Å². The number of hydrazine groups is 1. The maximum absolute atomic E-state index is 5.63. The van der Waals surface area contributed by atoms with Crippen LogP contribution in [0.2, 0.25) is 0 Å². The first-order valence-electron chi connectivity index (χ1n) is 7.60. The van der Waals surface area contributed by atoms with E-state index < -0.39 is 0 Å². The molecule has 114 valence electrons. The van der Waals surface area contributed by atoms with E-state index in [1.54, 1.807) is 0 Å². The lowest BCUT2D eigenvalue weighted by Crippen LogP contribution is -2.37. The molecule has 3 heteroatoms. The lowest BCUT2D eigenvalue weighted by atomic mass is 9.86. The monoisotopic (exact) mass is 278 g/mol. The van der Waals surface area contributed by atoms with Gasteiger partial charge in [0.25, 0.3) is 0 Å². The standard InChI is InChI=1S/C17H30N2O/c1-5-11-20-12-10-16(19-18)13-14-6-8-15(9-7-14)17(2,3)4/h6-9,16,19H,5,10-13,18H2,1-4H3. The summed E-state index contributed by atoms with van der Waals surface area (Å²) in [6.45, 7) is 10.4. The molecular weight excluding hydrogens is 248 g/mol. The van der Waals surface area contributed by atoms with Crippen LogP contribution in [0.4, 0.5) is 0 Å². The molecule has 0 amide bonds. The Kier molecular flexibility index (Phi) is 7.20. The number of ether oxygens (including phenoxy) is 1. The fourth-order valence-electron chi connectivity index (χ4n) is 2.14. The van der Waals surface area contributed by atoms with Crippen LogP contribution in [0.5, 0.6) is 0 Å². The Balaban J connectivity index is 2.49. The molecule has 1 aromatic rings. The normalized spacial score (nSPS) is 13.4. The van der Waals surface area contributed by atoms with Gasteiger partial charge in [-0.1, -0.05) is 52.0 Å². The smallest absolute Gasteiger partial charge is 0.0481 e. The van der Waals surface area contributed by atoms with Gasteiger partial charge in [0.15, 0.2) is 0 Å². The van der Waals surface area contributed by atoms with Crippen molar-refractivity contribution in [1.82, 2.24) is 5.43 Å². The summed E-state index contributed by atoms with van der Waals surface area (Å²) in [5.41, 5.74) is 5.78. The first-order valence-corrected chi connectivity index (χ1v) is 7.60. The summed E-state index contributed by atoms with van der Waals surface area (Å²) in [6, 6.07) is 9.12. The zero-order valence-corrected chi connectivity index (χ0v) is 13.4. The largest absolute Gasteiger partial charge is 0.381 e. The molecule has 0 aliphatic carbocycles. The van der Waals surface area contributed by atoms with Gasteiger partial charge in [-0.15, -0.1) is 0 Å². The van der Waals surface area contributed by atoms with Crippen LogP contribution in [0.25, 0.3) is 0 Å². The minimum Gasteiger partial charge on any atom is -0.381 e. The van der Waals surface area contributed by atoms with E-state index in [1.807, 2.05) is 0 Å². The maximum atomic E-state index is 5.63. The van der Waals surface area contributed by atoms with Gasteiger partial charge in [-0.25, -0.2) is 0 Å². The minimum absolute atomic E-state index is 0.206. The molecule has 0 radical (unpaired) electrons. The van der Waals surface area contributed by atoms with E-state index in [2.05, 4.69) is 57.4 Å². The number of hydrogen-bond acceptors (Lipinski definition) is 3. The fraction of sp³-hybridized carbons (Fsp3) is 0.647. The zero-order valence-electron chi connectivity index (χ0n) is 13.4. The second-order valence-electron chi connectivity index (χ2n) is 6.42. The zero-order chi connectivity index (χ0) is 15.0. The first-order chi connectivity index (χ1) is 9.47. The van der Waals surface area contributed by atoms with Gasteiger partial charge in [-0.2, -0.15) is 0 Å². The van der Waals surface area contributed by atoms with Crippen LogP contribution in [0, 0.1) is 0 Å². The molecule has 0 aromatic heterocycles. The van der Waals surface area contributed by atoms with E-state index >= 15 is 0 Å². The third-order valence-corrected chi connectivity index (χ3v) is 3.50. The van der Waals surface area contributed by atoms with Crippen molar-refractivity contribution in [3.05, 3.63) is 35.4 Å². The van der Waals surface area contributed by atoms with Crippen molar-refractivity contribution in [1.29, 1.82) is 0 Å². The van der Waals surface area contributed by atoms with Crippen LogP contribution in [-0.2, 0) is 16.6 Å². The Labute approximate surface area is 123 Å². The molecule has 0 bridgehead atoms. The van der Waals surface area contributed by atoms with Gasteiger partial charge in [0.2, 0.25) is 0 Å². The van der Waals surface area contributed by atoms with Crippen molar-refractivity contribution in [3.63, 3.8) is 0 Å². The third-order valence-electron chi connectivity index (χ3n) is 3.50. The van der Waals surface area contributed by atoms with Gasteiger partial charge in [-0.05, 0) is 35.8 Å². The first kappa shape index (κ1) is 17.2. The summed E-state index contributed by atoms with van der Waals surface area (Å²) in [4.78, 5) is 0. The Bertz CT molecular complexity index is 368. The van der Waals surface area contributed by atoms with Crippen molar-refractivity contribution < 1.29 is 4.74 Å². The predicted octanol–water partition coefficient (Wildman–Crippen LogP) is 3.18. The summed E-state index contributed by atoms with van der Waals surface area (Å²) in [5, 5.41) is 0. The van der Waals surface area contributed by atoms with Crippen LogP contribution < -0.4 is 11.3 Å². The van der Waals surface area contributed by atoms with Gasteiger partial charge < -0.3 is 4.74 Å². The SMILES string of the molecule is CCCOCCC(Cc1ccc(C(C)(C)C)cc1)NN. The summed E-state index contributed by atoms with van der Waals surface area (Å²) in [7, 11) is 0. The predicted molar refractivity (Wildman–Crippen MR) is 85.7 cm³/mol. The van der Waals surface area contributed by atoms with Crippen LogP contribution in [-0.4, -0.2) is 19.3 Å². The molecule has 1 rings (SSSR count). The van der Waals surface area contributed by atoms with Gasteiger partial charge in [0.05, 0.1) is 0 Å². The van der Waals surface area contributed by atoms with Crippen molar-refractivity contribution in [2.75, 3.05) is 13.2 Å². The van der Waals surface area contributed by atoms with E-state index in [-0.39, 0.29) is 11.5 Å². The van der Waals surface area contributed by atoms with Gasteiger partial charge >= 0.3 is 0 Å². The quantitative estimate of drug-likeness (QED) is 0.436. The van der Waals surface area contributed by atoms with E-state index in [4.69, 9.17) is 10.6 Å². The van der Waals surface area contributed by atoms with Gasteiger partial charge in [-0.3, -0.25) is 11.3 Å². The number of rotatable bonds is 8. The molecule has 0 fully saturated rings. The molecule has 0 heterocycles. The van der Waals surface area contributed by atoms with E-state index in [0.29, 0.717) is 0 Å². The van der Waals surface area contributed by atoms with E-state index in [1.165, 1.54) is 11.1 Å². The lowest BCUT2D eigenvalue weighted by Gasteiger charge is -2.20. The molecule has 1 aromatic carbocycles. The molecule has 20 heavy (non-hydrogen) atoms. The van der Waals surface area contributed by atoms with Crippen molar-refractivity contribution in [3.8, 4) is 0 Å². The Morgan fingerprint density at radius 2 is 1.80 bits per heavy atom. The number of nitrogens with one attached hydrogen (secondary N) is 1. The average Bonchev–Trinajstić information content (AvgIpc) is 2.42. The topological polar surface area (TPSA) is 47.3 Å². The van der Waals surface area contributed by atoms with Crippen LogP contribution in [0.1, 0.15) is 51.7 Å². The molecule has 0 aliphatic rings. The Morgan fingerprint density at radius 1 is 1.15 bits per heavy atom. The molecule has 0 spiro atoms. The number of nitrogens with two attached hydrogens (primary N) is 1. The second kappa shape index (κ2) is 8.40. The lowest BCUT2D eigenvalue weighted by molar-refractivity contribution is 0.124.